The van der Waals surface area contributed by atoms with Crippen LogP contribution in [0.15, 0.2) is 24.3 Å². The molecule has 1 aliphatic rings. The van der Waals surface area contributed by atoms with Crippen LogP contribution in [0.2, 0.25) is 0 Å². The third-order valence-corrected chi connectivity index (χ3v) is 7.03. The number of hydrogen-bond acceptors (Lipinski definition) is 5. The van der Waals surface area contributed by atoms with E-state index in [2.05, 4.69) is 5.32 Å². The summed E-state index contributed by atoms with van der Waals surface area (Å²) in [6.07, 6.45) is 1.50. The van der Waals surface area contributed by atoms with Crippen LogP contribution in [-0.2, 0) is 26.1 Å². The molecule has 1 aromatic rings. The van der Waals surface area contributed by atoms with Crippen LogP contribution < -0.4 is 5.32 Å². The highest BCUT2D eigenvalue weighted by Crippen LogP contribution is 2.35. The molecule has 0 radical (unpaired) electrons. The van der Waals surface area contributed by atoms with Gasteiger partial charge in [0.1, 0.15) is 9.84 Å². The zero-order valence-corrected chi connectivity index (χ0v) is 13.2. The molecule has 0 fully saturated rings. The lowest BCUT2D eigenvalue weighted by atomic mass is 10.1. The predicted octanol–water partition coefficient (Wildman–Crippen LogP) is 0.331. The number of rotatable bonds is 5. The van der Waals surface area contributed by atoms with Gasteiger partial charge in [-0.2, -0.15) is 0 Å². The molecule has 0 bridgehead atoms. The fourth-order valence-electron chi connectivity index (χ4n) is 2.65. The Balaban J connectivity index is 2.26. The molecule has 0 amide bonds. The van der Waals surface area contributed by atoms with Gasteiger partial charge in [0.05, 0.1) is 16.8 Å². The maximum Gasteiger partial charge on any atom is 0.156 e. The lowest BCUT2D eigenvalue weighted by Crippen LogP contribution is -2.35. The van der Waals surface area contributed by atoms with Crippen molar-refractivity contribution < 1.29 is 16.8 Å². The first-order valence-electron chi connectivity index (χ1n) is 6.39. The Labute approximate surface area is 120 Å². The van der Waals surface area contributed by atoms with E-state index in [1.54, 1.807) is 7.05 Å². The van der Waals surface area contributed by atoms with E-state index in [4.69, 9.17) is 0 Å². The molecule has 1 N–H and O–H groups in total. The molecule has 112 valence electrons. The van der Waals surface area contributed by atoms with Gasteiger partial charge < -0.3 is 5.32 Å². The molecule has 0 aliphatic heterocycles. The molecule has 1 aliphatic carbocycles. The third kappa shape index (κ3) is 3.21. The number of hydrogen-bond donors (Lipinski definition) is 1. The molecule has 0 heterocycles. The number of nitrogens with one attached hydrogen (secondary N) is 1. The molecular formula is C13H19NO4S2. The van der Waals surface area contributed by atoms with Crippen molar-refractivity contribution in [3.8, 4) is 0 Å². The summed E-state index contributed by atoms with van der Waals surface area (Å²) in [7, 11) is -5.01. The van der Waals surface area contributed by atoms with Crippen LogP contribution in [0.1, 0.15) is 17.2 Å². The smallest absolute Gasteiger partial charge is 0.156 e. The molecule has 20 heavy (non-hydrogen) atoms. The minimum absolute atomic E-state index is 0.268. The van der Waals surface area contributed by atoms with Gasteiger partial charge in [0.25, 0.3) is 0 Å². The second-order valence-electron chi connectivity index (χ2n) is 5.20. The molecule has 0 spiro atoms. The van der Waals surface area contributed by atoms with Gasteiger partial charge in [-0.25, -0.2) is 16.8 Å². The van der Waals surface area contributed by atoms with E-state index in [1.807, 2.05) is 24.3 Å². The molecule has 0 saturated heterocycles. The van der Waals surface area contributed by atoms with Crippen LogP contribution in [0.5, 0.6) is 0 Å². The second-order valence-corrected chi connectivity index (χ2v) is 9.80. The first kappa shape index (κ1) is 15.5. The Bertz CT molecular complexity index is 695. The highest BCUT2D eigenvalue weighted by atomic mass is 32.2. The number of sulfone groups is 2. The fourth-order valence-corrected chi connectivity index (χ4v) is 6.23. The summed E-state index contributed by atoms with van der Waals surface area (Å²) in [5, 5.41) is 2.45. The van der Waals surface area contributed by atoms with Gasteiger partial charge in [0, 0.05) is 12.3 Å². The van der Waals surface area contributed by atoms with Crippen molar-refractivity contribution in [3.63, 3.8) is 0 Å². The Morgan fingerprint density at radius 3 is 2.40 bits per heavy atom. The van der Waals surface area contributed by atoms with E-state index in [0.29, 0.717) is 6.42 Å². The highest BCUT2D eigenvalue weighted by molar-refractivity contribution is 7.95. The van der Waals surface area contributed by atoms with Gasteiger partial charge in [-0.1, -0.05) is 24.3 Å². The quantitative estimate of drug-likeness (QED) is 0.846. The molecule has 0 aromatic heterocycles. The zero-order chi connectivity index (χ0) is 15.0. The summed E-state index contributed by atoms with van der Waals surface area (Å²) in [6.45, 7) is 0. The zero-order valence-electron chi connectivity index (χ0n) is 11.5. The normalized spacial score (nSPS) is 22.7. The largest absolute Gasteiger partial charge is 0.312 e. The standard InChI is InChI=1S/C13H19NO4S2/c1-14-13-11-6-4-3-5-10(11)9-12(13)20(17,18)8-7-19(2,15)16/h3-6,12-14H,7-9H2,1-2H3. The first-order chi connectivity index (χ1) is 9.24. The highest BCUT2D eigenvalue weighted by Gasteiger charge is 2.39. The van der Waals surface area contributed by atoms with Gasteiger partial charge in [-0.05, 0) is 24.6 Å². The van der Waals surface area contributed by atoms with E-state index in [1.165, 1.54) is 0 Å². The summed E-state index contributed by atoms with van der Waals surface area (Å²) < 4.78 is 47.2. The minimum Gasteiger partial charge on any atom is -0.312 e. The van der Waals surface area contributed by atoms with Crippen LogP contribution in [-0.4, -0.2) is 46.9 Å². The first-order valence-corrected chi connectivity index (χ1v) is 10.2. The SMILES string of the molecule is CNC1c2ccccc2CC1S(=O)(=O)CCS(C)(=O)=O. The molecule has 5 nitrogen and oxygen atoms in total. The average molecular weight is 317 g/mol. The maximum atomic E-state index is 12.4. The van der Waals surface area contributed by atoms with Crippen molar-refractivity contribution in [2.24, 2.45) is 0 Å². The number of fused-ring (bicyclic) bond motifs is 1. The molecule has 2 rings (SSSR count). The molecule has 1 aromatic carbocycles. The van der Waals surface area contributed by atoms with Crippen molar-refractivity contribution >= 4 is 19.7 Å². The van der Waals surface area contributed by atoms with Crippen LogP contribution in [0, 0.1) is 0 Å². The van der Waals surface area contributed by atoms with E-state index in [-0.39, 0.29) is 17.5 Å². The van der Waals surface area contributed by atoms with Crippen molar-refractivity contribution in [3.05, 3.63) is 35.4 Å². The van der Waals surface area contributed by atoms with Crippen LogP contribution >= 0.6 is 0 Å². The van der Waals surface area contributed by atoms with Gasteiger partial charge in [-0.15, -0.1) is 0 Å². The van der Waals surface area contributed by atoms with Crippen LogP contribution in [0.3, 0.4) is 0 Å². The summed E-state index contributed by atoms with van der Waals surface area (Å²) in [4.78, 5) is 0. The monoisotopic (exact) mass is 317 g/mol. The minimum atomic E-state index is -3.46. The Morgan fingerprint density at radius 1 is 1.15 bits per heavy atom. The third-order valence-electron chi connectivity index (χ3n) is 3.69. The fraction of sp³-hybridized carbons (Fsp3) is 0.538. The van der Waals surface area contributed by atoms with E-state index < -0.39 is 24.9 Å². The van der Waals surface area contributed by atoms with Gasteiger partial charge in [0.15, 0.2) is 9.84 Å². The van der Waals surface area contributed by atoms with Crippen molar-refractivity contribution in [2.75, 3.05) is 24.8 Å². The molecule has 2 atom stereocenters. The van der Waals surface area contributed by atoms with Crippen LogP contribution in [0.25, 0.3) is 0 Å². The lowest BCUT2D eigenvalue weighted by Gasteiger charge is -2.20. The van der Waals surface area contributed by atoms with E-state index >= 15 is 0 Å². The number of benzene rings is 1. The van der Waals surface area contributed by atoms with E-state index in [0.717, 1.165) is 17.4 Å². The van der Waals surface area contributed by atoms with Crippen LogP contribution in [0.4, 0.5) is 0 Å². The second kappa shape index (κ2) is 5.46. The molecular weight excluding hydrogens is 298 g/mol. The Morgan fingerprint density at radius 2 is 1.80 bits per heavy atom. The molecule has 0 saturated carbocycles. The average Bonchev–Trinajstić information content (AvgIpc) is 2.75. The summed E-state index contributed by atoms with van der Waals surface area (Å²) in [5.74, 6) is -0.638. The Hall–Kier alpha value is -0.920. The topological polar surface area (TPSA) is 80.3 Å². The maximum absolute atomic E-state index is 12.4. The predicted molar refractivity (Wildman–Crippen MR) is 79.2 cm³/mol. The summed E-state index contributed by atoms with van der Waals surface area (Å²) in [6, 6.07) is 7.34. The molecule has 2 unspecified atom stereocenters. The van der Waals surface area contributed by atoms with Gasteiger partial charge in [0.2, 0.25) is 0 Å². The van der Waals surface area contributed by atoms with Gasteiger partial charge in [-0.3, -0.25) is 0 Å². The summed E-state index contributed by atoms with van der Waals surface area (Å²) >= 11 is 0. The summed E-state index contributed by atoms with van der Waals surface area (Å²) in [5.41, 5.74) is 2.00. The lowest BCUT2D eigenvalue weighted by molar-refractivity contribution is 0.536. The van der Waals surface area contributed by atoms with Crippen molar-refractivity contribution in [1.82, 2.24) is 5.32 Å². The van der Waals surface area contributed by atoms with Gasteiger partial charge >= 0.3 is 0 Å². The molecule has 7 heteroatoms. The van der Waals surface area contributed by atoms with Crippen molar-refractivity contribution in [2.45, 2.75) is 17.7 Å². The Kier molecular flexibility index (Phi) is 4.22. The van der Waals surface area contributed by atoms with Crippen molar-refractivity contribution in [1.29, 1.82) is 0 Å². The van der Waals surface area contributed by atoms with E-state index in [9.17, 15) is 16.8 Å².